The van der Waals surface area contributed by atoms with E-state index in [2.05, 4.69) is 26.5 Å². The maximum Gasteiger partial charge on any atom is 0.286 e. The van der Waals surface area contributed by atoms with Crippen molar-refractivity contribution in [1.82, 2.24) is 4.98 Å². The number of nitrogens with one attached hydrogen (secondary N) is 1. The molecule has 1 atom stereocenters. The summed E-state index contributed by atoms with van der Waals surface area (Å²) in [5, 5.41) is 2.62. The van der Waals surface area contributed by atoms with Crippen molar-refractivity contribution >= 4 is 27.2 Å². The third-order valence-corrected chi connectivity index (χ3v) is 4.96. The van der Waals surface area contributed by atoms with Crippen LogP contribution >= 0.6 is 0 Å². The minimum absolute atomic E-state index is 0.198. The van der Waals surface area contributed by atoms with E-state index in [-0.39, 0.29) is 18.1 Å². The fourth-order valence-electron chi connectivity index (χ4n) is 2.09. The van der Waals surface area contributed by atoms with Crippen LogP contribution in [0.1, 0.15) is 22.8 Å². The maximum absolute atomic E-state index is 12.9. The van der Waals surface area contributed by atoms with Gasteiger partial charge < -0.3 is 10.1 Å². The number of carbonyl (C=O) groups is 2. The Morgan fingerprint density at radius 3 is 2.59 bits per heavy atom. The average molecular weight is 385 g/mol. The Labute approximate surface area is 158 Å². The topological polar surface area (TPSA) is 97.7 Å². The second-order valence-electron chi connectivity index (χ2n) is 5.60. The van der Waals surface area contributed by atoms with Gasteiger partial charge in [-0.15, -0.1) is 0 Å². The van der Waals surface area contributed by atoms with E-state index < -0.39 is 15.6 Å². The molecule has 0 saturated carbocycles. The van der Waals surface area contributed by atoms with Crippen molar-refractivity contribution < 1.29 is 18.5 Å². The summed E-state index contributed by atoms with van der Waals surface area (Å²) < 4.78 is 21.6. The molecule has 140 valence electrons. The number of carbonyl (C=O) groups excluding carboxylic acids is 2. The lowest BCUT2D eigenvalue weighted by molar-refractivity contribution is -0.114. The fraction of sp³-hybridized carbons (Fsp3) is 0.211. The van der Waals surface area contributed by atoms with Crippen LogP contribution in [0.5, 0.6) is 0 Å². The number of nitrogens with zero attached hydrogens (tertiary/aromatic N) is 2. The summed E-state index contributed by atoms with van der Waals surface area (Å²) in [4.78, 5) is 27.8. The van der Waals surface area contributed by atoms with Gasteiger partial charge in [-0.1, -0.05) is 11.8 Å². The minimum Gasteiger partial charge on any atom is -0.372 e. The third kappa shape index (κ3) is 6.02. The third-order valence-electron chi connectivity index (χ3n) is 3.30. The fourth-order valence-corrected chi connectivity index (χ4v) is 3.26. The van der Waals surface area contributed by atoms with Gasteiger partial charge in [0.05, 0.1) is 15.3 Å². The quantitative estimate of drug-likeness (QED) is 0.815. The Bertz CT molecular complexity index is 1030. The lowest BCUT2D eigenvalue weighted by atomic mass is 10.2. The molecule has 1 heterocycles. The van der Waals surface area contributed by atoms with Crippen LogP contribution in [0, 0.1) is 11.8 Å². The molecule has 0 aliphatic rings. The SMILES string of the molecule is COCC#Cc1cncc(C(=O)N=S(C)(=O)c2ccc(NC(C)=O)cc2)c1. The van der Waals surface area contributed by atoms with E-state index in [1.54, 1.807) is 24.3 Å². The molecule has 0 fully saturated rings. The number of amides is 2. The number of methoxy groups -OCH3 is 1. The highest BCUT2D eigenvalue weighted by Gasteiger charge is 2.12. The molecule has 1 aromatic heterocycles. The zero-order chi connectivity index (χ0) is 19.9. The Balaban J connectivity index is 2.27. The maximum atomic E-state index is 12.9. The first-order valence-corrected chi connectivity index (χ1v) is 9.81. The molecule has 7 nitrogen and oxygen atoms in total. The molecule has 2 amide bonds. The van der Waals surface area contributed by atoms with Gasteiger partial charge in [0.15, 0.2) is 0 Å². The lowest BCUT2D eigenvalue weighted by Gasteiger charge is -2.06. The van der Waals surface area contributed by atoms with Gasteiger partial charge in [-0.3, -0.25) is 14.6 Å². The van der Waals surface area contributed by atoms with Crippen molar-refractivity contribution in [3.63, 3.8) is 0 Å². The van der Waals surface area contributed by atoms with Crippen molar-refractivity contribution in [3.05, 3.63) is 53.9 Å². The molecule has 2 rings (SSSR count). The van der Waals surface area contributed by atoms with Crippen LogP contribution in [0.15, 0.2) is 52.0 Å². The van der Waals surface area contributed by atoms with Crippen LogP contribution in [0.3, 0.4) is 0 Å². The van der Waals surface area contributed by atoms with Crippen LogP contribution in [0.2, 0.25) is 0 Å². The number of hydrogen-bond donors (Lipinski definition) is 1. The smallest absolute Gasteiger partial charge is 0.286 e. The van der Waals surface area contributed by atoms with E-state index in [9.17, 15) is 13.8 Å². The van der Waals surface area contributed by atoms with Crippen molar-refractivity contribution in [1.29, 1.82) is 0 Å². The molecule has 2 aromatic rings. The number of benzene rings is 1. The Morgan fingerprint density at radius 2 is 1.96 bits per heavy atom. The first-order valence-electron chi connectivity index (χ1n) is 7.89. The minimum atomic E-state index is -2.96. The van der Waals surface area contributed by atoms with Crippen LogP contribution in [0.4, 0.5) is 5.69 Å². The average Bonchev–Trinajstić information content (AvgIpc) is 2.62. The number of ether oxygens (including phenoxy) is 1. The predicted molar refractivity (Wildman–Crippen MR) is 103 cm³/mol. The molecule has 27 heavy (non-hydrogen) atoms. The summed E-state index contributed by atoms with van der Waals surface area (Å²) in [5.41, 5.74) is 1.30. The predicted octanol–water partition coefficient (Wildman–Crippen LogP) is 2.34. The van der Waals surface area contributed by atoms with Gasteiger partial charge in [0.1, 0.15) is 6.61 Å². The van der Waals surface area contributed by atoms with Gasteiger partial charge in [0.2, 0.25) is 5.91 Å². The van der Waals surface area contributed by atoms with Crippen LogP contribution in [-0.4, -0.2) is 41.0 Å². The van der Waals surface area contributed by atoms with E-state index in [4.69, 9.17) is 4.74 Å². The van der Waals surface area contributed by atoms with Crippen molar-refractivity contribution in [2.75, 3.05) is 25.3 Å². The Kier molecular flexibility index (Phi) is 6.82. The summed E-state index contributed by atoms with van der Waals surface area (Å²) in [5.74, 6) is 4.74. The largest absolute Gasteiger partial charge is 0.372 e. The summed E-state index contributed by atoms with van der Waals surface area (Å²) in [6.45, 7) is 1.66. The summed E-state index contributed by atoms with van der Waals surface area (Å²) >= 11 is 0. The van der Waals surface area contributed by atoms with Crippen LogP contribution in [0.25, 0.3) is 0 Å². The molecule has 0 aliphatic carbocycles. The number of pyridine rings is 1. The Hall–Kier alpha value is -3.02. The molecule has 0 saturated heterocycles. The molecule has 1 unspecified atom stereocenters. The van der Waals surface area contributed by atoms with Crippen molar-refractivity contribution in [3.8, 4) is 11.8 Å². The highest BCUT2D eigenvalue weighted by atomic mass is 32.2. The molecule has 0 bridgehead atoms. The van der Waals surface area contributed by atoms with Crippen molar-refractivity contribution in [2.24, 2.45) is 4.36 Å². The van der Waals surface area contributed by atoms with Crippen LogP contribution in [-0.2, 0) is 19.3 Å². The highest BCUT2D eigenvalue weighted by molar-refractivity contribution is 7.93. The van der Waals surface area contributed by atoms with Gasteiger partial charge in [-0.25, -0.2) is 4.21 Å². The van der Waals surface area contributed by atoms with E-state index in [0.29, 0.717) is 16.1 Å². The van der Waals surface area contributed by atoms with Gasteiger partial charge >= 0.3 is 0 Å². The van der Waals surface area contributed by atoms with Crippen molar-refractivity contribution in [2.45, 2.75) is 11.8 Å². The number of aromatic nitrogens is 1. The second kappa shape index (κ2) is 9.07. The first kappa shape index (κ1) is 20.3. The summed E-state index contributed by atoms with van der Waals surface area (Å²) in [6.07, 6.45) is 4.25. The van der Waals surface area contributed by atoms with Gasteiger partial charge in [-0.05, 0) is 30.3 Å². The lowest BCUT2D eigenvalue weighted by Crippen LogP contribution is -2.07. The normalized spacial score (nSPS) is 12.3. The first-order chi connectivity index (χ1) is 12.8. The van der Waals surface area contributed by atoms with Crippen LogP contribution < -0.4 is 5.32 Å². The molecule has 1 aromatic carbocycles. The Morgan fingerprint density at radius 1 is 1.26 bits per heavy atom. The second-order valence-corrected chi connectivity index (χ2v) is 7.86. The zero-order valence-corrected chi connectivity index (χ0v) is 16.0. The molecule has 8 heteroatoms. The van der Waals surface area contributed by atoms with Gasteiger partial charge in [0, 0.05) is 48.8 Å². The van der Waals surface area contributed by atoms with E-state index in [1.807, 2.05) is 0 Å². The van der Waals surface area contributed by atoms with Gasteiger partial charge in [0.25, 0.3) is 5.91 Å². The number of anilines is 1. The monoisotopic (exact) mass is 385 g/mol. The molecule has 0 spiro atoms. The molecular weight excluding hydrogens is 366 g/mol. The number of rotatable bonds is 4. The van der Waals surface area contributed by atoms with E-state index in [0.717, 1.165) is 0 Å². The number of hydrogen-bond acceptors (Lipinski definition) is 5. The van der Waals surface area contributed by atoms with E-state index in [1.165, 1.54) is 38.7 Å². The molecular formula is C19H19N3O4S. The zero-order valence-electron chi connectivity index (χ0n) is 15.2. The summed E-state index contributed by atoms with van der Waals surface area (Å²) in [6, 6.07) is 7.88. The molecule has 1 N–H and O–H groups in total. The highest BCUT2D eigenvalue weighted by Crippen LogP contribution is 2.17. The van der Waals surface area contributed by atoms with E-state index >= 15 is 0 Å². The molecule has 0 radical (unpaired) electrons. The summed E-state index contributed by atoms with van der Waals surface area (Å²) in [7, 11) is -1.42. The van der Waals surface area contributed by atoms with Gasteiger partial charge in [-0.2, -0.15) is 4.36 Å². The molecule has 0 aliphatic heterocycles. The standard InChI is InChI=1S/C19H19N3O4S/c1-14(23)21-17-6-8-18(9-7-17)27(3,25)22-19(24)16-11-15(12-20-13-16)5-4-10-26-2/h6-9,11-13H,10H2,1-3H3,(H,21,23).